The van der Waals surface area contributed by atoms with Crippen molar-refractivity contribution in [3.05, 3.63) is 11.3 Å². The first-order valence-corrected chi connectivity index (χ1v) is 5.66. The molecule has 0 heterocycles. The van der Waals surface area contributed by atoms with E-state index in [0.29, 0.717) is 13.0 Å². The van der Waals surface area contributed by atoms with Gasteiger partial charge in [-0.2, -0.15) is 0 Å². The van der Waals surface area contributed by atoms with Crippen molar-refractivity contribution in [2.75, 3.05) is 20.3 Å². The molecule has 6 nitrogen and oxygen atoms in total. The van der Waals surface area contributed by atoms with Crippen LogP contribution >= 0.6 is 0 Å². The monoisotopic (exact) mass is 257 g/mol. The van der Waals surface area contributed by atoms with Crippen molar-refractivity contribution in [3.8, 4) is 0 Å². The van der Waals surface area contributed by atoms with E-state index in [4.69, 9.17) is 4.74 Å². The minimum absolute atomic E-state index is 0.0231. The summed E-state index contributed by atoms with van der Waals surface area (Å²) in [5.41, 5.74) is 0.0231. The minimum Gasteiger partial charge on any atom is -0.512 e. The standard InChI is InChI=1S/C12H19NO5/c1-4-18-12(16)10(9(2)14)8-13-7-5-6-11(15)17-3/h8,14H,4-7H2,1-3H3/b10-9+,13-8?. The van der Waals surface area contributed by atoms with Gasteiger partial charge < -0.3 is 14.6 Å². The van der Waals surface area contributed by atoms with Gasteiger partial charge in [-0.25, -0.2) is 4.79 Å². The Morgan fingerprint density at radius 3 is 2.56 bits per heavy atom. The summed E-state index contributed by atoms with van der Waals surface area (Å²) in [6.07, 6.45) is 2.04. The molecule has 0 spiro atoms. The van der Waals surface area contributed by atoms with Gasteiger partial charge >= 0.3 is 11.9 Å². The lowest BCUT2D eigenvalue weighted by Gasteiger charge is -2.03. The summed E-state index contributed by atoms with van der Waals surface area (Å²) >= 11 is 0. The number of allylic oxidation sites excluding steroid dienone is 1. The molecule has 0 saturated heterocycles. The van der Waals surface area contributed by atoms with Crippen molar-refractivity contribution in [1.29, 1.82) is 0 Å². The number of nitrogens with zero attached hydrogens (tertiary/aromatic N) is 1. The molecule has 6 heteroatoms. The average molecular weight is 257 g/mol. The summed E-state index contributed by atoms with van der Waals surface area (Å²) in [7, 11) is 1.32. The molecule has 18 heavy (non-hydrogen) atoms. The SMILES string of the molecule is CCOC(=O)/C(C=NCCCC(=O)OC)=C(\C)O. The Morgan fingerprint density at radius 1 is 1.39 bits per heavy atom. The Hall–Kier alpha value is -1.85. The topological polar surface area (TPSA) is 85.2 Å². The molecule has 1 N–H and O–H groups in total. The second kappa shape index (κ2) is 9.21. The quantitative estimate of drug-likeness (QED) is 0.245. The number of hydrogen-bond donors (Lipinski definition) is 1. The number of aliphatic hydroxyl groups is 1. The van der Waals surface area contributed by atoms with Crippen LogP contribution in [0.5, 0.6) is 0 Å². The van der Waals surface area contributed by atoms with Crippen LogP contribution in [0.15, 0.2) is 16.3 Å². The number of carbonyl (C=O) groups excluding carboxylic acids is 2. The molecule has 0 aromatic heterocycles. The highest BCUT2D eigenvalue weighted by atomic mass is 16.5. The Balaban J connectivity index is 4.24. The smallest absolute Gasteiger partial charge is 0.343 e. The van der Waals surface area contributed by atoms with Gasteiger partial charge in [0.25, 0.3) is 0 Å². The van der Waals surface area contributed by atoms with Crippen molar-refractivity contribution in [2.45, 2.75) is 26.7 Å². The molecule has 0 aliphatic heterocycles. The van der Waals surface area contributed by atoms with Crippen LogP contribution < -0.4 is 0 Å². The van der Waals surface area contributed by atoms with Gasteiger partial charge in [0.2, 0.25) is 0 Å². The molecule has 0 radical (unpaired) electrons. The molecule has 0 amide bonds. The maximum Gasteiger partial charge on any atom is 0.343 e. The molecule has 0 bridgehead atoms. The molecular weight excluding hydrogens is 238 g/mol. The van der Waals surface area contributed by atoms with Crippen LogP contribution in [0.25, 0.3) is 0 Å². The molecule has 0 unspecified atom stereocenters. The van der Waals surface area contributed by atoms with Crippen LogP contribution in [0.4, 0.5) is 0 Å². The molecular formula is C12H19NO5. The van der Waals surface area contributed by atoms with Crippen LogP contribution in [0.3, 0.4) is 0 Å². The fraction of sp³-hybridized carbons (Fsp3) is 0.583. The van der Waals surface area contributed by atoms with Gasteiger partial charge in [0.1, 0.15) is 11.3 Å². The van der Waals surface area contributed by atoms with Gasteiger partial charge in [0.05, 0.1) is 13.7 Å². The third-order valence-electron chi connectivity index (χ3n) is 2.00. The van der Waals surface area contributed by atoms with E-state index >= 15 is 0 Å². The highest BCUT2D eigenvalue weighted by Crippen LogP contribution is 2.02. The zero-order valence-electron chi connectivity index (χ0n) is 10.9. The van der Waals surface area contributed by atoms with E-state index in [9.17, 15) is 14.7 Å². The lowest BCUT2D eigenvalue weighted by Crippen LogP contribution is -2.11. The molecule has 0 saturated carbocycles. The number of esters is 2. The van der Waals surface area contributed by atoms with E-state index in [1.807, 2.05) is 0 Å². The number of aliphatic hydroxyl groups excluding tert-OH is 1. The zero-order chi connectivity index (χ0) is 14.0. The van der Waals surface area contributed by atoms with Crippen LogP contribution in [-0.4, -0.2) is 43.5 Å². The third kappa shape index (κ3) is 6.67. The predicted octanol–water partition coefficient (Wildman–Crippen LogP) is 1.41. The number of aliphatic imine (C=N–C) groups is 1. The van der Waals surface area contributed by atoms with Crippen LogP contribution in [-0.2, 0) is 19.1 Å². The molecule has 0 aromatic carbocycles. The summed E-state index contributed by atoms with van der Waals surface area (Å²) < 4.78 is 9.23. The van der Waals surface area contributed by atoms with Gasteiger partial charge in [-0.05, 0) is 20.3 Å². The summed E-state index contributed by atoms with van der Waals surface area (Å²) in [4.78, 5) is 26.2. The highest BCUT2D eigenvalue weighted by Gasteiger charge is 2.11. The Bertz CT molecular complexity index is 342. The predicted molar refractivity (Wildman–Crippen MR) is 66.6 cm³/mol. The number of methoxy groups -OCH3 is 1. The summed E-state index contributed by atoms with van der Waals surface area (Å²) in [5, 5.41) is 9.31. The van der Waals surface area contributed by atoms with Crippen LogP contribution in [0.2, 0.25) is 0 Å². The summed E-state index contributed by atoms with van der Waals surface area (Å²) in [5.74, 6) is -1.07. The maximum absolute atomic E-state index is 11.4. The molecule has 0 aliphatic rings. The number of ether oxygens (including phenoxy) is 2. The summed E-state index contributed by atoms with van der Waals surface area (Å²) in [6, 6.07) is 0. The fourth-order valence-corrected chi connectivity index (χ4v) is 1.08. The minimum atomic E-state index is -0.616. The van der Waals surface area contributed by atoms with E-state index in [2.05, 4.69) is 9.73 Å². The van der Waals surface area contributed by atoms with Gasteiger partial charge in [-0.15, -0.1) is 0 Å². The molecule has 0 rings (SSSR count). The van der Waals surface area contributed by atoms with Crippen molar-refractivity contribution in [1.82, 2.24) is 0 Å². The van der Waals surface area contributed by atoms with Gasteiger partial charge in [0.15, 0.2) is 0 Å². The maximum atomic E-state index is 11.4. The third-order valence-corrected chi connectivity index (χ3v) is 2.00. The molecule has 102 valence electrons. The molecule has 0 aliphatic carbocycles. The second-order valence-electron chi connectivity index (χ2n) is 3.43. The van der Waals surface area contributed by atoms with E-state index in [1.54, 1.807) is 6.92 Å². The largest absolute Gasteiger partial charge is 0.512 e. The molecule has 0 aromatic rings. The van der Waals surface area contributed by atoms with E-state index in [0.717, 1.165) is 0 Å². The lowest BCUT2D eigenvalue weighted by atomic mass is 10.2. The Morgan fingerprint density at radius 2 is 2.06 bits per heavy atom. The van der Waals surface area contributed by atoms with Crippen LogP contribution in [0, 0.1) is 0 Å². The van der Waals surface area contributed by atoms with Gasteiger partial charge in [-0.3, -0.25) is 9.79 Å². The second-order valence-corrected chi connectivity index (χ2v) is 3.43. The van der Waals surface area contributed by atoms with Gasteiger partial charge in [0, 0.05) is 19.2 Å². The van der Waals surface area contributed by atoms with Crippen molar-refractivity contribution < 1.29 is 24.2 Å². The summed E-state index contributed by atoms with van der Waals surface area (Å²) in [6.45, 7) is 3.65. The number of rotatable bonds is 7. The molecule has 0 atom stereocenters. The van der Waals surface area contributed by atoms with Crippen LogP contribution in [0.1, 0.15) is 26.7 Å². The van der Waals surface area contributed by atoms with Crippen molar-refractivity contribution >= 4 is 18.2 Å². The first kappa shape index (κ1) is 16.1. The Labute approximate surface area is 106 Å². The highest BCUT2D eigenvalue weighted by molar-refractivity contribution is 6.09. The Kier molecular flexibility index (Phi) is 8.26. The normalized spacial score (nSPS) is 12.2. The van der Waals surface area contributed by atoms with Crippen molar-refractivity contribution in [3.63, 3.8) is 0 Å². The van der Waals surface area contributed by atoms with Crippen molar-refractivity contribution in [2.24, 2.45) is 4.99 Å². The van der Waals surface area contributed by atoms with E-state index in [1.165, 1.54) is 20.2 Å². The van der Waals surface area contributed by atoms with E-state index in [-0.39, 0.29) is 30.3 Å². The average Bonchev–Trinajstić information content (AvgIpc) is 2.32. The fourth-order valence-electron chi connectivity index (χ4n) is 1.08. The zero-order valence-corrected chi connectivity index (χ0v) is 10.9. The first-order valence-electron chi connectivity index (χ1n) is 5.66. The number of carbonyl (C=O) groups is 2. The van der Waals surface area contributed by atoms with E-state index < -0.39 is 5.97 Å². The number of hydrogen-bond acceptors (Lipinski definition) is 6. The van der Waals surface area contributed by atoms with Gasteiger partial charge in [-0.1, -0.05) is 0 Å². The lowest BCUT2D eigenvalue weighted by molar-refractivity contribution is -0.141. The first-order chi connectivity index (χ1) is 8.52. The molecule has 0 fully saturated rings.